The number of fused-ring (bicyclic) bond motifs is 1. The van der Waals surface area contributed by atoms with E-state index in [4.69, 9.17) is 9.47 Å². The molecule has 2 aromatic rings. The van der Waals surface area contributed by atoms with Crippen molar-refractivity contribution in [3.05, 3.63) is 35.6 Å². The number of ether oxygens (including phenoxy) is 2. The standard InChI is InChI=1S/C25H30F4N4O2/c1-34-19-2-3-22(26)20(10-19)23-11-21(25(27,28)29)24(32-31-23)30-18-8-16-13-33(14-17(16)9-18)12-15-4-6-35-7-5-15/h2-3,10-11,15-18H,4-9,12-14H2,1H3,(H,30,32). The van der Waals surface area contributed by atoms with E-state index in [9.17, 15) is 17.6 Å². The number of halogens is 4. The Hall–Kier alpha value is -2.46. The molecule has 5 rings (SSSR count). The quantitative estimate of drug-likeness (QED) is 0.579. The summed E-state index contributed by atoms with van der Waals surface area (Å²) in [5.41, 5.74) is -1.22. The van der Waals surface area contributed by atoms with Crippen molar-refractivity contribution in [3.8, 4) is 17.0 Å². The molecule has 2 unspecified atom stereocenters. The zero-order chi connectivity index (χ0) is 24.6. The maximum atomic E-state index is 14.3. The second-order valence-electron chi connectivity index (χ2n) is 9.94. The Morgan fingerprint density at radius 2 is 1.80 bits per heavy atom. The molecule has 0 bridgehead atoms. The first-order chi connectivity index (χ1) is 16.8. The van der Waals surface area contributed by atoms with E-state index in [1.54, 1.807) is 0 Å². The molecular formula is C25H30F4N4O2. The Morgan fingerprint density at radius 3 is 2.46 bits per heavy atom. The minimum Gasteiger partial charge on any atom is -0.497 e. The molecule has 190 valence electrons. The van der Waals surface area contributed by atoms with Crippen molar-refractivity contribution in [1.29, 1.82) is 0 Å². The average Bonchev–Trinajstić information content (AvgIpc) is 3.37. The highest BCUT2D eigenvalue weighted by Gasteiger charge is 2.43. The molecule has 0 spiro atoms. The number of alkyl halides is 3. The Bertz CT molecular complexity index is 1030. The lowest BCUT2D eigenvalue weighted by molar-refractivity contribution is -0.137. The summed E-state index contributed by atoms with van der Waals surface area (Å²) in [4.78, 5) is 2.51. The van der Waals surface area contributed by atoms with Gasteiger partial charge in [-0.25, -0.2) is 4.39 Å². The number of nitrogens with zero attached hydrogens (tertiary/aromatic N) is 3. The fraction of sp³-hybridized carbons (Fsp3) is 0.600. The topological polar surface area (TPSA) is 59.5 Å². The normalized spacial score (nSPS) is 25.6. The van der Waals surface area contributed by atoms with Gasteiger partial charge in [0.15, 0.2) is 5.82 Å². The molecule has 1 saturated carbocycles. The van der Waals surface area contributed by atoms with Crippen molar-refractivity contribution < 1.29 is 27.0 Å². The molecule has 0 amide bonds. The number of likely N-dealkylation sites (tertiary alicyclic amines) is 1. The molecule has 0 radical (unpaired) electrons. The molecule has 3 aliphatic rings. The fourth-order valence-electron chi connectivity index (χ4n) is 5.83. The fourth-order valence-corrected chi connectivity index (χ4v) is 5.83. The number of hydrogen-bond donors (Lipinski definition) is 1. The van der Waals surface area contributed by atoms with Crippen LogP contribution in [-0.2, 0) is 10.9 Å². The summed E-state index contributed by atoms with van der Waals surface area (Å²) in [6.45, 7) is 4.74. The zero-order valence-corrected chi connectivity index (χ0v) is 19.7. The molecule has 1 aliphatic carbocycles. The molecule has 3 heterocycles. The predicted octanol–water partition coefficient (Wildman–Crippen LogP) is 4.86. The first kappa shape index (κ1) is 24.2. The van der Waals surface area contributed by atoms with Crippen molar-refractivity contribution in [2.75, 3.05) is 45.3 Å². The number of aromatic nitrogens is 2. The molecule has 1 N–H and O–H groups in total. The van der Waals surface area contributed by atoms with Crippen LogP contribution in [0.25, 0.3) is 11.3 Å². The summed E-state index contributed by atoms with van der Waals surface area (Å²) in [5, 5.41) is 10.8. The van der Waals surface area contributed by atoms with Gasteiger partial charge in [0.2, 0.25) is 0 Å². The summed E-state index contributed by atoms with van der Waals surface area (Å²) in [5.74, 6) is 0.951. The lowest BCUT2D eigenvalue weighted by atomic mass is 10.00. The Balaban J connectivity index is 1.27. The highest BCUT2D eigenvalue weighted by atomic mass is 19.4. The summed E-state index contributed by atoms with van der Waals surface area (Å²) in [6.07, 6.45) is -0.840. The van der Waals surface area contributed by atoms with E-state index in [1.165, 1.54) is 19.2 Å². The lowest BCUT2D eigenvalue weighted by Gasteiger charge is -2.28. The van der Waals surface area contributed by atoms with Crippen LogP contribution < -0.4 is 10.1 Å². The van der Waals surface area contributed by atoms with Crippen LogP contribution in [0.4, 0.5) is 23.4 Å². The van der Waals surface area contributed by atoms with Crippen LogP contribution in [0.5, 0.6) is 5.75 Å². The summed E-state index contributed by atoms with van der Waals surface area (Å²) in [7, 11) is 1.40. The maximum Gasteiger partial charge on any atom is 0.420 e. The number of anilines is 1. The van der Waals surface area contributed by atoms with Gasteiger partial charge in [0, 0.05) is 44.5 Å². The van der Waals surface area contributed by atoms with Crippen LogP contribution in [0.2, 0.25) is 0 Å². The first-order valence-electron chi connectivity index (χ1n) is 12.2. The number of methoxy groups -OCH3 is 1. The zero-order valence-electron chi connectivity index (χ0n) is 19.7. The summed E-state index contributed by atoms with van der Waals surface area (Å²) in [6, 6.07) is 4.62. The molecule has 3 fully saturated rings. The van der Waals surface area contributed by atoms with Gasteiger partial charge >= 0.3 is 6.18 Å². The maximum absolute atomic E-state index is 14.3. The van der Waals surface area contributed by atoms with Crippen molar-refractivity contribution in [1.82, 2.24) is 15.1 Å². The van der Waals surface area contributed by atoms with E-state index in [0.29, 0.717) is 23.5 Å². The molecular weight excluding hydrogens is 464 g/mol. The Labute approximate surface area is 202 Å². The molecule has 1 aromatic carbocycles. The van der Waals surface area contributed by atoms with Gasteiger partial charge in [0.25, 0.3) is 0 Å². The summed E-state index contributed by atoms with van der Waals surface area (Å²) >= 11 is 0. The molecule has 2 aliphatic heterocycles. The minimum atomic E-state index is -4.66. The summed E-state index contributed by atoms with van der Waals surface area (Å²) < 4.78 is 66.6. The third-order valence-corrected chi connectivity index (χ3v) is 7.57. The van der Waals surface area contributed by atoms with Crippen molar-refractivity contribution >= 4 is 5.82 Å². The predicted molar refractivity (Wildman–Crippen MR) is 123 cm³/mol. The molecule has 2 saturated heterocycles. The van der Waals surface area contributed by atoms with E-state index < -0.39 is 17.6 Å². The highest BCUT2D eigenvalue weighted by Crippen LogP contribution is 2.42. The van der Waals surface area contributed by atoms with Crippen molar-refractivity contribution in [2.24, 2.45) is 17.8 Å². The van der Waals surface area contributed by atoms with Gasteiger partial charge in [-0.05, 0) is 67.7 Å². The van der Waals surface area contributed by atoms with Crippen LogP contribution in [0.3, 0.4) is 0 Å². The minimum absolute atomic E-state index is 0.0890. The van der Waals surface area contributed by atoms with E-state index in [-0.39, 0.29) is 23.1 Å². The average molecular weight is 495 g/mol. The van der Waals surface area contributed by atoms with Crippen LogP contribution in [0.15, 0.2) is 24.3 Å². The van der Waals surface area contributed by atoms with Crippen LogP contribution in [0, 0.1) is 23.6 Å². The second-order valence-corrected chi connectivity index (χ2v) is 9.94. The van der Waals surface area contributed by atoms with Crippen LogP contribution in [0.1, 0.15) is 31.2 Å². The second kappa shape index (κ2) is 9.89. The molecule has 2 atom stereocenters. The SMILES string of the molecule is COc1ccc(F)c(-c2cc(C(F)(F)F)c(NC3CC4CN(CC5CCOCC5)CC4C3)nn2)c1. The van der Waals surface area contributed by atoms with Gasteiger partial charge in [-0.15, -0.1) is 10.2 Å². The van der Waals surface area contributed by atoms with E-state index in [2.05, 4.69) is 20.4 Å². The Kier molecular flexibility index (Phi) is 6.85. The molecule has 1 aromatic heterocycles. The van der Waals surface area contributed by atoms with Crippen LogP contribution >= 0.6 is 0 Å². The number of rotatable bonds is 6. The van der Waals surface area contributed by atoms with Crippen LogP contribution in [-0.4, -0.2) is 61.1 Å². The van der Waals surface area contributed by atoms with E-state index >= 15 is 0 Å². The van der Waals surface area contributed by atoms with Gasteiger partial charge in [0.1, 0.15) is 17.1 Å². The largest absolute Gasteiger partial charge is 0.497 e. The van der Waals surface area contributed by atoms with Gasteiger partial charge in [-0.2, -0.15) is 13.2 Å². The molecule has 10 heteroatoms. The van der Waals surface area contributed by atoms with Crippen molar-refractivity contribution in [3.63, 3.8) is 0 Å². The highest BCUT2D eigenvalue weighted by molar-refractivity contribution is 5.64. The van der Waals surface area contributed by atoms with Gasteiger partial charge < -0.3 is 19.7 Å². The number of nitrogens with one attached hydrogen (secondary N) is 1. The third kappa shape index (κ3) is 5.38. The van der Waals surface area contributed by atoms with Crippen molar-refractivity contribution in [2.45, 2.75) is 37.9 Å². The third-order valence-electron chi connectivity index (χ3n) is 7.57. The van der Waals surface area contributed by atoms with E-state index in [0.717, 1.165) is 70.7 Å². The van der Waals surface area contributed by atoms with Gasteiger partial charge in [-0.3, -0.25) is 0 Å². The monoisotopic (exact) mass is 494 g/mol. The molecule has 6 nitrogen and oxygen atoms in total. The van der Waals surface area contributed by atoms with E-state index in [1.807, 2.05) is 0 Å². The van der Waals surface area contributed by atoms with Gasteiger partial charge in [-0.1, -0.05) is 0 Å². The number of hydrogen-bond acceptors (Lipinski definition) is 6. The first-order valence-corrected chi connectivity index (χ1v) is 12.2. The smallest absolute Gasteiger partial charge is 0.420 e. The number of benzene rings is 1. The molecule has 35 heavy (non-hydrogen) atoms. The van der Waals surface area contributed by atoms with Gasteiger partial charge in [0.05, 0.1) is 12.8 Å². The lowest BCUT2D eigenvalue weighted by Crippen LogP contribution is -2.32. The Morgan fingerprint density at radius 1 is 1.09 bits per heavy atom.